The first-order chi connectivity index (χ1) is 4.15. The molecular formula is C3ClF7Mg. The largest absolute Gasteiger partial charge is 2.00 e. The van der Waals surface area contributed by atoms with Crippen molar-refractivity contribution in [3.8, 4) is 0 Å². The van der Waals surface area contributed by atoms with E-state index < -0.39 is 18.5 Å². The average Bonchev–Trinajstić information content (AvgIpc) is 1.59. The van der Waals surface area contributed by atoms with Crippen LogP contribution in [0.1, 0.15) is 0 Å². The molecule has 70 valence electrons. The molecule has 0 atom stereocenters. The molecule has 0 unspecified atom stereocenters. The van der Waals surface area contributed by atoms with Crippen LogP contribution in [0.5, 0.6) is 0 Å². The van der Waals surface area contributed by atoms with E-state index in [4.69, 9.17) is 0 Å². The van der Waals surface area contributed by atoms with Gasteiger partial charge in [-0.25, -0.2) is 26.3 Å². The van der Waals surface area contributed by atoms with Gasteiger partial charge in [0.1, 0.15) is 0 Å². The maximum Gasteiger partial charge on any atom is 2.00 e. The zero-order valence-electron chi connectivity index (χ0n) is 5.23. The van der Waals surface area contributed by atoms with E-state index in [9.17, 15) is 30.7 Å². The van der Waals surface area contributed by atoms with Gasteiger partial charge in [-0.2, -0.15) is 0 Å². The Morgan fingerprint density at radius 1 is 0.750 bits per heavy atom. The van der Waals surface area contributed by atoms with Crippen LogP contribution in [0.15, 0.2) is 0 Å². The van der Waals surface area contributed by atoms with Crippen LogP contribution in [0.3, 0.4) is 0 Å². The topological polar surface area (TPSA) is 0 Å². The zero-order chi connectivity index (χ0) is 8.58. The Morgan fingerprint density at radius 2 is 0.917 bits per heavy atom. The van der Waals surface area contributed by atoms with Gasteiger partial charge in [0.05, 0.1) is 0 Å². The molecule has 0 aliphatic carbocycles. The summed E-state index contributed by atoms with van der Waals surface area (Å²) in [4.78, 5) is 0. The fourth-order valence-corrected chi connectivity index (χ4v) is 0.161. The Labute approximate surface area is 85.1 Å². The van der Waals surface area contributed by atoms with Crippen molar-refractivity contribution in [3.05, 3.63) is 6.17 Å². The van der Waals surface area contributed by atoms with Crippen molar-refractivity contribution >= 4 is 23.1 Å². The van der Waals surface area contributed by atoms with Gasteiger partial charge in [-0.15, -0.1) is 0 Å². The first-order valence-electron chi connectivity index (χ1n) is 1.82. The van der Waals surface area contributed by atoms with Crippen LogP contribution in [-0.4, -0.2) is 35.4 Å². The number of alkyl halides is 6. The van der Waals surface area contributed by atoms with Crippen molar-refractivity contribution in [2.75, 3.05) is 0 Å². The van der Waals surface area contributed by atoms with Crippen LogP contribution in [0.4, 0.5) is 30.7 Å². The molecule has 0 bridgehead atoms. The summed E-state index contributed by atoms with van der Waals surface area (Å²) in [6.07, 6.45) is -15.8. The Balaban J connectivity index is -0.000000405. The second-order valence-corrected chi connectivity index (χ2v) is 1.31. The Bertz CT molecular complexity index is 103. The summed E-state index contributed by atoms with van der Waals surface area (Å²) in [6, 6.07) is 0. The maximum absolute atomic E-state index is 11.1. The SMILES string of the molecule is F[C-](C(F)(F)F)C(F)(F)F.[Cl-].[Mg+2]. The molecule has 0 saturated heterocycles. The molecule has 0 heterocycles. The summed E-state index contributed by atoms with van der Waals surface area (Å²) in [5.74, 6) is 0. The molecular weight excluding hydrogens is 229 g/mol. The third kappa shape index (κ3) is 6.12. The van der Waals surface area contributed by atoms with Crippen molar-refractivity contribution in [3.63, 3.8) is 0 Å². The second kappa shape index (κ2) is 5.33. The molecule has 0 aromatic carbocycles. The molecule has 0 aliphatic heterocycles. The number of halogens is 8. The Morgan fingerprint density at radius 3 is 0.917 bits per heavy atom. The molecule has 0 radical (unpaired) electrons. The van der Waals surface area contributed by atoms with E-state index >= 15 is 0 Å². The zero-order valence-corrected chi connectivity index (χ0v) is 7.40. The molecule has 0 N–H and O–H groups in total. The van der Waals surface area contributed by atoms with Crippen LogP contribution in [0.2, 0.25) is 0 Å². The Hall–Kier alpha value is 0.566. The van der Waals surface area contributed by atoms with E-state index in [-0.39, 0.29) is 35.5 Å². The first kappa shape index (κ1) is 18.4. The van der Waals surface area contributed by atoms with E-state index in [0.29, 0.717) is 0 Å². The third-order valence-corrected chi connectivity index (χ3v) is 0.498. The van der Waals surface area contributed by atoms with Crippen LogP contribution in [0, 0.1) is 6.17 Å². The number of hydrogen-bond acceptors (Lipinski definition) is 0. The predicted octanol–water partition coefficient (Wildman–Crippen LogP) is -0.764. The smallest absolute Gasteiger partial charge is 1.00 e. The standard InChI is InChI=1S/C3F7.ClH.Mg/c4-1(2(5,6)7)3(8,9)10;;/h;1H;/q-1;;+2/p-1. The third-order valence-electron chi connectivity index (χ3n) is 0.498. The minimum absolute atomic E-state index is 0. The van der Waals surface area contributed by atoms with Crippen molar-refractivity contribution in [2.24, 2.45) is 0 Å². The summed E-state index contributed by atoms with van der Waals surface area (Å²) in [7, 11) is 0. The van der Waals surface area contributed by atoms with E-state index in [1.54, 1.807) is 0 Å². The van der Waals surface area contributed by atoms with E-state index in [2.05, 4.69) is 0 Å². The molecule has 0 rings (SSSR count). The van der Waals surface area contributed by atoms with E-state index in [1.165, 1.54) is 0 Å². The Kier molecular flexibility index (Phi) is 8.16. The van der Waals surface area contributed by atoms with Crippen LogP contribution in [0.25, 0.3) is 0 Å². The molecule has 0 aliphatic rings. The molecule has 0 aromatic heterocycles. The van der Waals surface area contributed by atoms with Gasteiger partial charge in [0.2, 0.25) is 0 Å². The molecule has 0 nitrogen and oxygen atoms in total. The number of rotatable bonds is 0. The second-order valence-electron chi connectivity index (χ2n) is 1.31. The summed E-state index contributed by atoms with van der Waals surface area (Å²) < 4.78 is 76.0. The van der Waals surface area contributed by atoms with E-state index in [0.717, 1.165) is 0 Å². The van der Waals surface area contributed by atoms with Gasteiger partial charge in [-0.05, 0) is 0 Å². The summed E-state index contributed by atoms with van der Waals surface area (Å²) in [5, 5.41) is 0. The van der Waals surface area contributed by atoms with Crippen LogP contribution in [-0.2, 0) is 0 Å². The molecule has 0 spiro atoms. The van der Waals surface area contributed by atoms with Crippen molar-refractivity contribution in [1.29, 1.82) is 0 Å². The first-order valence-corrected chi connectivity index (χ1v) is 1.82. The van der Waals surface area contributed by atoms with Gasteiger partial charge in [-0.1, -0.05) is 0 Å². The van der Waals surface area contributed by atoms with Gasteiger partial charge in [0.25, 0.3) is 0 Å². The molecule has 0 aromatic rings. The molecule has 0 saturated carbocycles. The fourth-order valence-electron chi connectivity index (χ4n) is 0.161. The van der Waals surface area contributed by atoms with Gasteiger partial charge in [0, 0.05) is 6.17 Å². The predicted molar refractivity (Wildman–Crippen MR) is 22.2 cm³/mol. The maximum atomic E-state index is 11.1. The fraction of sp³-hybridized carbons (Fsp3) is 0.667. The van der Waals surface area contributed by atoms with Gasteiger partial charge in [0.15, 0.2) is 0 Å². The normalized spacial score (nSPS) is 12.0. The molecule has 0 amide bonds. The minimum atomic E-state index is -5.93. The van der Waals surface area contributed by atoms with Crippen LogP contribution >= 0.6 is 0 Å². The van der Waals surface area contributed by atoms with Crippen LogP contribution < -0.4 is 12.4 Å². The average molecular weight is 229 g/mol. The molecule has 0 fully saturated rings. The van der Waals surface area contributed by atoms with Crippen molar-refractivity contribution < 1.29 is 43.1 Å². The quantitative estimate of drug-likeness (QED) is 0.291. The van der Waals surface area contributed by atoms with Crippen molar-refractivity contribution in [1.82, 2.24) is 0 Å². The molecule has 9 heteroatoms. The van der Waals surface area contributed by atoms with Gasteiger partial charge in [-0.3, -0.25) is 0 Å². The van der Waals surface area contributed by atoms with Gasteiger partial charge < -0.3 is 16.8 Å². The minimum Gasteiger partial charge on any atom is -1.00 e. The summed E-state index contributed by atoms with van der Waals surface area (Å²) in [5.41, 5.74) is 0. The summed E-state index contributed by atoms with van der Waals surface area (Å²) in [6.45, 7) is 0. The van der Waals surface area contributed by atoms with Gasteiger partial charge >= 0.3 is 35.4 Å². The van der Waals surface area contributed by atoms with E-state index in [1.807, 2.05) is 0 Å². The molecule has 12 heavy (non-hydrogen) atoms. The summed E-state index contributed by atoms with van der Waals surface area (Å²) >= 11 is 0. The monoisotopic (exact) mass is 228 g/mol. The van der Waals surface area contributed by atoms with Crippen molar-refractivity contribution in [2.45, 2.75) is 12.4 Å². The number of hydrogen-bond donors (Lipinski definition) is 0.